The standard InChI is InChI=1S/C14H18N2O4/c17-14(18)6-3-12-7-8-15(10-12)9-11-1-4-13(5-2-11)16(19)20/h1-2,4-5,12H,3,6-10H2,(H,17,18). The lowest BCUT2D eigenvalue weighted by Crippen LogP contribution is -2.20. The van der Waals surface area contributed by atoms with Gasteiger partial charge in [-0.1, -0.05) is 12.1 Å². The van der Waals surface area contributed by atoms with Gasteiger partial charge in [-0.2, -0.15) is 0 Å². The van der Waals surface area contributed by atoms with Gasteiger partial charge in [0.1, 0.15) is 0 Å². The molecule has 1 aromatic rings. The number of carboxylic acids is 1. The Bertz CT molecular complexity index is 486. The fourth-order valence-electron chi connectivity index (χ4n) is 2.60. The smallest absolute Gasteiger partial charge is 0.303 e. The summed E-state index contributed by atoms with van der Waals surface area (Å²) in [5.41, 5.74) is 1.16. The summed E-state index contributed by atoms with van der Waals surface area (Å²) >= 11 is 0. The minimum Gasteiger partial charge on any atom is -0.481 e. The lowest BCUT2D eigenvalue weighted by Gasteiger charge is -2.15. The summed E-state index contributed by atoms with van der Waals surface area (Å²) in [7, 11) is 0. The van der Waals surface area contributed by atoms with Crippen molar-refractivity contribution in [1.82, 2.24) is 4.90 Å². The first-order chi connectivity index (χ1) is 9.54. The maximum absolute atomic E-state index is 10.6. The third kappa shape index (κ3) is 4.03. The Balaban J connectivity index is 1.82. The number of rotatable bonds is 6. The number of carbonyl (C=O) groups is 1. The van der Waals surface area contributed by atoms with E-state index in [0.29, 0.717) is 5.92 Å². The Kier molecular flexibility index (Phi) is 4.68. The lowest BCUT2D eigenvalue weighted by atomic mass is 10.0. The molecule has 1 atom stereocenters. The average Bonchev–Trinajstić information content (AvgIpc) is 2.84. The molecule has 20 heavy (non-hydrogen) atoms. The van der Waals surface area contributed by atoms with Gasteiger partial charge in [0.05, 0.1) is 4.92 Å². The molecular weight excluding hydrogens is 260 g/mol. The van der Waals surface area contributed by atoms with Crippen molar-refractivity contribution in [1.29, 1.82) is 0 Å². The van der Waals surface area contributed by atoms with Crippen molar-refractivity contribution in [3.8, 4) is 0 Å². The summed E-state index contributed by atoms with van der Waals surface area (Å²) in [5, 5.41) is 19.3. The predicted octanol–water partition coefficient (Wildman–Crippen LogP) is 2.28. The number of hydrogen-bond donors (Lipinski definition) is 1. The van der Waals surface area contributed by atoms with Crippen LogP contribution in [0.5, 0.6) is 0 Å². The first-order valence-electron chi connectivity index (χ1n) is 6.72. The van der Waals surface area contributed by atoms with E-state index < -0.39 is 10.9 Å². The van der Waals surface area contributed by atoms with E-state index in [9.17, 15) is 14.9 Å². The zero-order valence-corrected chi connectivity index (χ0v) is 11.2. The highest BCUT2D eigenvalue weighted by molar-refractivity contribution is 5.66. The van der Waals surface area contributed by atoms with Gasteiger partial charge in [-0.05, 0) is 30.9 Å². The van der Waals surface area contributed by atoms with Crippen LogP contribution in [0.1, 0.15) is 24.8 Å². The molecule has 2 rings (SSSR count). The van der Waals surface area contributed by atoms with Crippen LogP contribution < -0.4 is 0 Å². The molecule has 0 amide bonds. The molecule has 1 aliphatic heterocycles. The van der Waals surface area contributed by atoms with Crippen molar-refractivity contribution in [2.75, 3.05) is 13.1 Å². The number of carboxylic acid groups (broad SMARTS) is 1. The van der Waals surface area contributed by atoms with Crippen LogP contribution in [0.3, 0.4) is 0 Å². The monoisotopic (exact) mass is 278 g/mol. The van der Waals surface area contributed by atoms with Crippen molar-refractivity contribution in [3.05, 3.63) is 39.9 Å². The molecule has 1 heterocycles. The van der Waals surface area contributed by atoms with E-state index in [1.54, 1.807) is 12.1 Å². The summed E-state index contributed by atoms with van der Waals surface area (Å²) in [6, 6.07) is 6.60. The van der Waals surface area contributed by atoms with Gasteiger partial charge in [0.25, 0.3) is 5.69 Å². The van der Waals surface area contributed by atoms with Crippen molar-refractivity contribution >= 4 is 11.7 Å². The summed E-state index contributed by atoms with van der Waals surface area (Å²) in [6.45, 7) is 2.63. The number of hydrogen-bond acceptors (Lipinski definition) is 4. The van der Waals surface area contributed by atoms with Gasteiger partial charge in [0.15, 0.2) is 0 Å². The van der Waals surface area contributed by atoms with Crippen molar-refractivity contribution < 1.29 is 14.8 Å². The molecule has 1 N–H and O–H groups in total. The van der Waals surface area contributed by atoms with E-state index in [1.807, 2.05) is 0 Å². The van der Waals surface area contributed by atoms with Gasteiger partial charge in [0, 0.05) is 31.6 Å². The van der Waals surface area contributed by atoms with Crippen LogP contribution in [0.25, 0.3) is 0 Å². The summed E-state index contributed by atoms with van der Waals surface area (Å²) in [5.74, 6) is -0.289. The van der Waals surface area contributed by atoms with E-state index in [0.717, 1.165) is 38.0 Å². The predicted molar refractivity (Wildman–Crippen MR) is 73.4 cm³/mol. The van der Waals surface area contributed by atoms with Crippen LogP contribution in [0.15, 0.2) is 24.3 Å². The SMILES string of the molecule is O=C(O)CCC1CCN(Cc2ccc([N+](=O)[O-])cc2)C1. The normalized spacial score (nSPS) is 19.1. The highest BCUT2D eigenvalue weighted by atomic mass is 16.6. The average molecular weight is 278 g/mol. The second kappa shape index (κ2) is 6.47. The first kappa shape index (κ1) is 14.5. The van der Waals surface area contributed by atoms with Gasteiger partial charge in [0.2, 0.25) is 0 Å². The van der Waals surface area contributed by atoms with Gasteiger partial charge in [-0.3, -0.25) is 19.8 Å². The quantitative estimate of drug-likeness (QED) is 0.637. The van der Waals surface area contributed by atoms with E-state index >= 15 is 0 Å². The number of nitro groups is 1. The van der Waals surface area contributed by atoms with Crippen LogP contribution >= 0.6 is 0 Å². The van der Waals surface area contributed by atoms with Gasteiger partial charge >= 0.3 is 5.97 Å². The molecular formula is C14H18N2O4. The molecule has 0 spiro atoms. The number of aliphatic carboxylic acids is 1. The molecule has 0 bridgehead atoms. The van der Waals surface area contributed by atoms with Gasteiger partial charge in [-0.25, -0.2) is 0 Å². The Morgan fingerprint density at radius 3 is 2.70 bits per heavy atom. The number of nitro benzene ring substituents is 1. The molecule has 6 nitrogen and oxygen atoms in total. The maximum atomic E-state index is 10.6. The Labute approximate surface area is 117 Å². The summed E-state index contributed by atoms with van der Waals surface area (Å²) in [6.07, 6.45) is 1.99. The topological polar surface area (TPSA) is 83.7 Å². The molecule has 1 unspecified atom stereocenters. The summed E-state index contributed by atoms with van der Waals surface area (Å²) in [4.78, 5) is 23.0. The fourth-order valence-corrected chi connectivity index (χ4v) is 2.60. The van der Waals surface area contributed by atoms with E-state index in [4.69, 9.17) is 5.11 Å². The Morgan fingerprint density at radius 2 is 2.10 bits per heavy atom. The highest BCUT2D eigenvalue weighted by Gasteiger charge is 2.22. The van der Waals surface area contributed by atoms with E-state index in [1.165, 1.54) is 12.1 Å². The van der Waals surface area contributed by atoms with Gasteiger partial charge < -0.3 is 5.11 Å². The number of non-ortho nitro benzene ring substituents is 1. The zero-order valence-electron chi connectivity index (χ0n) is 11.2. The number of nitrogens with zero attached hydrogens (tertiary/aromatic N) is 2. The third-order valence-corrected chi connectivity index (χ3v) is 3.69. The van der Waals surface area contributed by atoms with Crippen LogP contribution in [0, 0.1) is 16.0 Å². The zero-order chi connectivity index (χ0) is 14.5. The molecule has 0 aromatic heterocycles. The third-order valence-electron chi connectivity index (χ3n) is 3.69. The molecule has 6 heteroatoms. The van der Waals surface area contributed by atoms with Crippen LogP contribution in [0.2, 0.25) is 0 Å². The molecule has 0 radical (unpaired) electrons. The molecule has 1 fully saturated rings. The highest BCUT2D eigenvalue weighted by Crippen LogP contribution is 2.23. The van der Waals surface area contributed by atoms with Crippen LogP contribution in [-0.4, -0.2) is 34.0 Å². The second-order valence-electron chi connectivity index (χ2n) is 5.25. The van der Waals surface area contributed by atoms with Crippen LogP contribution in [0.4, 0.5) is 5.69 Å². The fraction of sp³-hybridized carbons (Fsp3) is 0.500. The molecule has 108 valence electrons. The second-order valence-corrected chi connectivity index (χ2v) is 5.25. The van der Waals surface area contributed by atoms with Crippen molar-refractivity contribution in [2.24, 2.45) is 5.92 Å². The number of benzene rings is 1. The van der Waals surface area contributed by atoms with E-state index in [-0.39, 0.29) is 12.1 Å². The van der Waals surface area contributed by atoms with Crippen molar-refractivity contribution in [3.63, 3.8) is 0 Å². The maximum Gasteiger partial charge on any atom is 0.303 e. The minimum atomic E-state index is -0.737. The van der Waals surface area contributed by atoms with Crippen LogP contribution in [-0.2, 0) is 11.3 Å². The van der Waals surface area contributed by atoms with Gasteiger partial charge in [-0.15, -0.1) is 0 Å². The summed E-state index contributed by atoms with van der Waals surface area (Å²) < 4.78 is 0. The van der Waals surface area contributed by atoms with E-state index in [2.05, 4.69) is 4.90 Å². The molecule has 1 saturated heterocycles. The Morgan fingerprint density at radius 1 is 1.40 bits per heavy atom. The lowest BCUT2D eigenvalue weighted by molar-refractivity contribution is -0.384. The minimum absolute atomic E-state index is 0.106. The molecule has 0 saturated carbocycles. The largest absolute Gasteiger partial charge is 0.481 e. The molecule has 1 aliphatic rings. The first-order valence-corrected chi connectivity index (χ1v) is 6.72. The number of likely N-dealkylation sites (tertiary alicyclic amines) is 1. The Hall–Kier alpha value is -1.95. The van der Waals surface area contributed by atoms with Crippen molar-refractivity contribution in [2.45, 2.75) is 25.8 Å². The molecule has 1 aromatic carbocycles. The molecule has 0 aliphatic carbocycles.